The minimum atomic E-state index is -3.61. The Hall–Kier alpha value is -2.09. The number of anilines is 1. The fraction of sp³-hybridized carbons (Fsp3) is 0.250. The summed E-state index contributed by atoms with van der Waals surface area (Å²) in [5, 5.41) is 2.87. The summed E-state index contributed by atoms with van der Waals surface area (Å²) in [4.78, 5) is 13.7. The summed E-state index contributed by atoms with van der Waals surface area (Å²) >= 11 is 1.57. The van der Waals surface area contributed by atoms with Gasteiger partial charge in [-0.05, 0) is 30.3 Å². The molecule has 2 aromatic rings. The molecule has 0 aliphatic carbocycles. The summed E-state index contributed by atoms with van der Waals surface area (Å²) in [7, 11) is -3.61. The van der Waals surface area contributed by atoms with E-state index in [-0.39, 0.29) is 10.8 Å². The lowest BCUT2D eigenvalue weighted by molar-refractivity contribution is 0.102. The van der Waals surface area contributed by atoms with Gasteiger partial charge in [0.05, 0.1) is 10.6 Å². The highest BCUT2D eigenvalue weighted by Gasteiger charge is 2.22. The van der Waals surface area contributed by atoms with Crippen molar-refractivity contribution in [2.45, 2.75) is 23.6 Å². The van der Waals surface area contributed by atoms with Gasteiger partial charge in [0.2, 0.25) is 10.0 Å². The van der Waals surface area contributed by atoms with E-state index in [1.807, 2.05) is 24.3 Å². The van der Waals surface area contributed by atoms with Gasteiger partial charge in [-0.2, -0.15) is 4.31 Å². The second-order valence-corrected chi connectivity index (χ2v) is 8.67. The molecule has 2 aromatic carbocycles. The molecule has 0 aliphatic rings. The van der Waals surface area contributed by atoms with Gasteiger partial charge in [0.1, 0.15) is 0 Å². The number of nitrogens with one attached hydrogen (secondary N) is 1. The maximum absolute atomic E-state index is 12.7. The first-order chi connectivity index (χ1) is 12.9. The van der Waals surface area contributed by atoms with Crippen molar-refractivity contribution >= 4 is 33.4 Å². The van der Waals surface area contributed by atoms with Gasteiger partial charge in [0.15, 0.2) is 0 Å². The normalized spacial score (nSPS) is 11.4. The molecule has 0 unspecified atom stereocenters. The first-order valence-electron chi connectivity index (χ1n) is 8.68. The quantitative estimate of drug-likeness (QED) is 0.501. The summed E-state index contributed by atoms with van der Waals surface area (Å²) < 4.78 is 26.7. The molecule has 0 saturated carbocycles. The predicted octanol–water partition coefficient (Wildman–Crippen LogP) is 4.25. The van der Waals surface area contributed by atoms with Gasteiger partial charge >= 0.3 is 0 Å². The van der Waals surface area contributed by atoms with Crippen LogP contribution in [0, 0.1) is 0 Å². The van der Waals surface area contributed by atoms with E-state index in [0.29, 0.717) is 24.3 Å². The van der Waals surface area contributed by atoms with Crippen molar-refractivity contribution in [2.75, 3.05) is 24.2 Å². The zero-order valence-electron chi connectivity index (χ0n) is 15.5. The molecule has 1 N–H and O–H groups in total. The van der Waals surface area contributed by atoms with Crippen LogP contribution in [0.3, 0.4) is 0 Å². The molecule has 5 nitrogen and oxygen atoms in total. The number of thioether (sulfide) groups is 1. The van der Waals surface area contributed by atoms with E-state index in [1.165, 1.54) is 16.4 Å². The van der Waals surface area contributed by atoms with Crippen LogP contribution in [-0.2, 0) is 10.0 Å². The van der Waals surface area contributed by atoms with E-state index in [4.69, 9.17) is 0 Å². The minimum absolute atomic E-state index is 0.119. The maximum atomic E-state index is 12.7. The Kier molecular flexibility index (Phi) is 7.65. The van der Waals surface area contributed by atoms with Crippen LogP contribution < -0.4 is 5.32 Å². The molecule has 0 aliphatic heterocycles. The molecule has 0 fully saturated rings. The molecule has 0 saturated heterocycles. The molecule has 0 aromatic heterocycles. The van der Waals surface area contributed by atoms with Gasteiger partial charge in [-0.25, -0.2) is 8.42 Å². The van der Waals surface area contributed by atoms with Crippen molar-refractivity contribution in [3.8, 4) is 0 Å². The minimum Gasteiger partial charge on any atom is -0.321 e. The summed E-state index contributed by atoms with van der Waals surface area (Å²) in [6, 6.07) is 13.6. The Morgan fingerprint density at radius 3 is 2.52 bits per heavy atom. The van der Waals surface area contributed by atoms with E-state index >= 15 is 0 Å². The summed E-state index contributed by atoms with van der Waals surface area (Å²) in [5.74, 6) is 0.378. The van der Waals surface area contributed by atoms with Crippen LogP contribution in [0.25, 0.3) is 0 Å². The Morgan fingerprint density at radius 1 is 1.15 bits per heavy atom. The summed E-state index contributed by atoms with van der Waals surface area (Å²) in [6.07, 6.45) is 1.80. The number of benzene rings is 2. The number of rotatable bonds is 9. The molecule has 7 heteroatoms. The average molecular weight is 405 g/mol. The smallest absolute Gasteiger partial charge is 0.255 e. The molecular formula is C20H24N2O3S2. The zero-order chi connectivity index (χ0) is 19.9. The lowest BCUT2D eigenvalue weighted by Crippen LogP contribution is -2.30. The van der Waals surface area contributed by atoms with Gasteiger partial charge in [-0.3, -0.25) is 4.79 Å². The van der Waals surface area contributed by atoms with E-state index in [0.717, 1.165) is 10.6 Å². The Labute approximate surface area is 165 Å². The number of hydrogen-bond acceptors (Lipinski definition) is 4. The molecule has 0 heterocycles. The highest BCUT2D eigenvalue weighted by Crippen LogP contribution is 2.27. The van der Waals surface area contributed by atoms with Crippen molar-refractivity contribution in [3.05, 3.63) is 66.7 Å². The van der Waals surface area contributed by atoms with Gasteiger partial charge in [0, 0.05) is 29.3 Å². The van der Waals surface area contributed by atoms with Crippen molar-refractivity contribution in [2.24, 2.45) is 0 Å². The van der Waals surface area contributed by atoms with Crippen molar-refractivity contribution < 1.29 is 13.2 Å². The fourth-order valence-corrected chi connectivity index (χ4v) is 4.80. The number of carbonyl (C=O) groups excluding carboxylic acids is 1. The fourth-order valence-electron chi connectivity index (χ4n) is 2.55. The Bertz CT molecular complexity index is 907. The zero-order valence-corrected chi connectivity index (χ0v) is 17.1. The largest absolute Gasteiger partial charge is 0.321 e. The molecule has 0 spiro atoms. The number of carbonyl (C=O) groups is 1. The molecule has 0 atom stereocenters. The Balaban J connectivity index is 2.28. The van der Waals surface area contributed by atoms with Gasteiger partial charge in [0.25, 0.3) is 5.91 Å². The number of sulfonamides is 1. The predicted molar refractivity (Wildman–Crippen MR) is 112 cm³/mol. The first kappa shape index (κ1) is 21.2. The molecule has 144 valence electrons. The number of nitrogens with zero attached hydrogens (tertiary/aromatic N) is 1. The van der Waals surface area contributed by atoms with Crippen LogP contribution in [0.2, 0.25) is 0 Å². The van der Waals surface area contributed by atoms with Crippen LogP contribution in [0.5, 0.6) is 0 Å². The lowest BCUT2D eigenvalue weighted by Gasteiger charge is -2.18. The second kappa shape index (κ2) is 9.73. The SMILES string of the molecule is C=CCSc1ccccc1NC(=O)c1cccc(S(=O)(=O)N(CC)CC)c1. The van der Waals surface area contributed by atoms with E-state index < -0.39 is 10.0 Å². The third-order valence-corrected chi connectivity index (χ3v) is 7.05. The van der Waals surface area contributed by atoms with Crippen LogP contribution in [-0.4, -0.2) is 37.5 Å². The van der Waals surface area contributed by atoms with E-state index in [1.54, 1.807) is 43.8 Å². The van der Waals surface area contributed by atoms with Crippen LogP contribution in [0.15, 0.2) is 71.0 Å². The van der Waals surface area contributed by atoms with Crippen molar-refractivity contribution in [1.82, 2.24) is 4.31 Å². The van der Waals surface area contributed by atoms with Gasteiger partial charge in [-0.1, -0.05) is 38.1 Å². The molecule has 27 heavy (non-hydrogen) atoms. The third kappa shape index (κ3) is 5.22. The number of hydrogen-bond donors (Lipinski definition) is 1. The van der Waals surface area contributed by atoms with Crippen LogP contribution >= 0.6 is 11.8 Å². The first-order valence-corrected chi connectivity index (χ1v) is 11.1. The lowest BCUT2D eigenvalue weighted by atomic mass is 10.2. The van der Waals surface area contributed by atoms with Gasteiger partial charge < -0.3 is 5.32 Å². The van der Waals surface area contributed by atoms with Gasteiger partial charge in [-0.15, -0.1) is 18.3 Å². The second-order valence-electron chi connectivity index (χ2n) is 5.67. The number of para-hydroxylation sites is 1. The van der Waals surface area contributed by atoms with Crippen molar-refractivity contribution in [1.29, 1.82) is 0 Å². The maximum Gasteiger partial charge on any atom is 0.255 e. The summed E-state index contributed by atoms with van der Waals surface area (Å²) in [5.41, 5.74) is 0.984. The molecular weight excluding hydrogens is 380 g/mol. The van der Waals surface area contributed by atoms with E-state index in [2.05, 4.69) is 11.9 Å². The van der Waals surface area contributed by atoms with Crippen molar-refractivity contribution in [3.63, 3.8) is 0 Å². The number of amides is 1. The third-order valence-electron chi connectivity index (χ3n) is 3.93. The van der Waals surface area contributed by atoms with E-state index in [9.17, 15) is 13.2 Å². The highest BCUT2D eigenvalue weighted by atomic mass is 32.2. The van der Waals surface area contributed by atoms with Crippen LogP contribution in [0.1, 0.15) is 24.2 Å². The highest BCUT2D eigenvalue weighted by molar-refractivity contribution is 7.99. The van der Waals surface area contributed by atoms with Crippen LogP contribution in [0.4, 0.5) is 5.69 Å². The molecule has 0 radical (unpaired) electrons. The average Bonchev–Trinajstić information content (AvgIpc) is 2.68. The monoisotopic (exact) mass is 404 g/mol. The molecule has 1 amide bonds. The summed E-state index contributed by atoms with van der Waals surface area (Å²) in [6.45, 7) is 8.04. The molecule has 0 bridgehead atoms. The standard InChI is InChI=1S/C20H24N2O3S2/c1-4-14-26-19-13-8-7-12-18(19)21-20(23)16-10-9-11-17(15-16)27(24,25)22(5-2)6-3/h4,7-13,15H,1,5-6,14H2,2-3H3,(H,21,23). The molecule has 2 rings (SSSR count). The Morgan fingerprint density at radius 2 is 1.85 bits per heavy atom. The topological polar surface area (TPSA) is 66.5 Å².